The minimum atomic E-state index is -0.447. The van der Waals surface area contributed by atoms with Crippen molar-refractivity contribution in [3.8, 4) is 11.5 Å². The summed E-state index contributed by atoms with van der Waals surface area (Å²) >= 11 is 0. The van der Waals surface area contributed by atoms with E-state index in [-0.39, 0.29) is 37.9 Å². The number of hydrogen-bond donors (Lipinski definition) is 0. The number of para-hydroxylation sites is 1. The fourth-order valence-electron chi connectivity index (χ4n) is 5.28. The number of fused-ring (bicyclic) bond motifs is 1. The molecule has 4 rings (SSSR count). The maximum absolute atomic E-state index is 13.2. The molecule has 2 aliphatic rings. The fourth-order valence-corrected chi connectivity index (χ4v) is 5.28. The number of rotatable bonds is 11. The van der Waals surface area contributed by atoms with Gasteiger partial charge in [0.05, 0.1) is 6.61 Å². The quantitative estimate of drug-likeness (QED) is 0.349. The van der Waals surface area contributed by atoms with Crippen LogP contribution < -0.4 is 4.74 Å². The Morgan fingerprint density at radius 2 is 1.76 bits per heavy atom. The van der Waals surface area contributed by atoms with Gasteiger partial charge in [0.1, 0.15) is 18.0 Å². The van der Waals surface area contributed by atoms with Gasteiger partial charge in [-0.05, 0) is 81.2 Å². The van der Waals surface area contributed by atoms with Crippen molar-refractivity contribution in [3.05, 3.63) is 71.9 Å². The van der Waals surface area contributed by atoms with Gasteiger partial charge in [-0.2, -0.15) is 0 Å². The van der Waals surface area contributed by atoms with Crippen LogP contribution in [-0.4, -0.2) is 47.3 Å². The van der Waals surface area contributed by atoms with Gasteiger partial charge >= 0.3 is 5.97 Å². The molecule has 7 heteroatoms. The van der Waals surface area contributed by atoms with Crippen molar-refractivity contribution in [3.63, 3.8) is 0 Å². The van der Waals surface area contributed by atoms with Gasteiger partial charge in [-0.25, -0.2) is 0 Å². The number of allylic oxidation sites excluding steroid dienone is 2. The Morgan fingerprint density at radius 1 is 0.974 bits per heavy atom. The summed E-state index contributed by atoms with van der Waals surface area (Å²) in [7, 11) is 0. The number of carbonyl (C=O) groups excluding carboxylic acids is 3. The van der Waals surface area contributed by atoms with Crippen LogP contribution >= 0.6 is 0 Å². The maximum atomic E-state index is 13.2. The average molecular weight is 519 g/mol. The second kappa shape index (κ2) is 13.8. The first-order chi connectivity index (χ1) is 18.5. The highest BCUT2D eigenvalue weighted by atomic mass is 16.5. The molecule has 1 aliphatic heterocycles. The molecule has 1 aliphatic carbocycles. The van der Waals surface area contributed by atoms with Crippen LogP contribution in [0.1, 0.15) is 63.9 Å². The number of carbonyl (C=O) groups is 3. The fraction of sp³-hybridized carbons (Fsp3) is 0.452. The lowest BCUT2D eigenvalue weighted by atomic mass is 9.85. The molecular weight excluding hydrogens is 480 g/mol. The molecule has 2 aromatic rings. The third-order valence-corrected chi connectivity index (χ3v) is 7.09. The number of esters is 1. The number of amides is 2. The third kappa shape index (κ3) is 7.70. The number of ether oxygens (including phenoxy) is 2. The second-order valence-electron chi connectivity index (χ2n) is 9.92. The van der Waals surface area contributed by atoms with Crippen LogP contribution in [-0.2, 0) is 25.7 Å². The van der Waals surface area contributed by atoms with E-state index in [1.165, 1.54) is 17.0 Å². The monoisotopic (exact) mass is 518 g/mol. The van der Waals surface area contributed by atoms with Crippen molar-refractivity contribution in [1.29, 1.82) is 0 Å². The van der Waals surface area contributed by atoms with Gasteiger partial charge in [0.15, 0.2) is 0 Å². The number of nitrogens with zero attached hydrogens (tertiary/aromatic N) is 2. The molecule has 1 fully saturated rings. The van der Waals surface area contributed by atoms with Gasteiger partial charge < -0.3 is 19.3 Å². The lowest BCUT2D eigenvalue weighted by molar-refractivity contribution is -0.149. The second-order valence-corrected chi connectivity index (χ2v) is 9.92. The van der Waals surface area contributed by atoms with E-state index in [1.54, 1.807) is 6.92 Å². The summed E-state index contributed by atoms with van der Waals surface area (Å²) < 4.78 is 11.0. The molecule has 1 saturated heterocycles. The molecule has 38 heavy (non-hydrogen) atoms. The van der Waals surface area contributed by atoms with E-state index >= 15 is 0 Å². The van der Waals surface area contributed by atoms with Crippen LogP contribution in [0.2, 0.25) is 0 Å². The van der Waals surface area contributed by atoms with Crippen LogP contribution in [0.4, 0.5) is 0 Å². The van der Waals surface area contributed by atoms with E-state index in [0.717, 1.165) is 43.5 Å². The van der Waals surface area contributed by atoms with Crippen LogP contribution in [0, 0.1) is 5.92 Å². The first kappa shape index (κ1) is 27.4. The van der Waals surface area contributed by atoms with Gasteiger partial charge in [0.25, 0.3) is 0 Å². The zero-order valence-electron chi connectivity index (χ0n) is 22.3. The lowest BCUT2D eigenvalue weighted by Gasteiger charge is -2.38. The third-order valence-electron chi connectivity index (χ3n) is 7.09. The maximum Gasteiger partial charge on any atom is 0.325 e. The summed E-state index contributed by atoms with van der Waals surface area (Å²) in [5, 5.41) is 0. The first-order valence-electron chi connectivity index (χ1n) is 13.8. The largest absolute Gasteiger partial charge is 0.465 e. The van der Waals surface area contributed by atoms with E-state index in [0.29, 0.717) is 24.5 Å². The van der Waals surface area contributed by atoms with Crippen LogP contribution in [0.15, 0.2) is 66.4 Å². The van der Waals surface area contributed by atoms with Gasteiger partial charge in [0.2, 0.25) is 11.8 Å². The summed E-state index contributed by atoms with van der Waals surface area (Å²) in [6.45, 7) is 2.88. The molecule has 0 radical (unpaired) electrons. The molecule has 1 unspecified atom stereocenters. The Labute approximate surface area is 225 Å². The molecule has 0 spiro atoms. The minimum Gasteiger partial charge on any atom is -0.465 e. The Kier molecular flexibility index (Phi) is 9.96. The molecule has 1 atom stereocenters. The van der Waals surface area contributed by atoms with Crippen molar-refractivity contribution >= 4 is 17.8 Å². The van der Waals surface area contributed by atoms with E-state index in [1.807, 2.05) is 59.5 Å². The average Bonchev–Trinajstić information content (AvgIpc) is 2.93. The van der Waals surface area contributed by atoms with Crippen LogP contribution in [0.25, 0.3) is 0 Å². The van der Waals surface area contributed by atoms with Crippen molar-refractivity contribution in [2.75, 3.05) is 19.7 Å². The molecular formula is C31H38N2O5. The zero-order valence-corrected chi connectivity index (χ0v) is 22.3. The Balaban J connectivity index is 1.35. The molecule has 0 saturated carbocycles. The predicted molar refractivity (Wildman–Crippen MR) is 145 cm³/mol. The molecule has 0 aromatic heterocycles. The van der Waals surface area contributed by atoms with Crippen molar-refractivity contribution in [2.24, 2.45) is 5.92 Å². The lowest BCUT2D eigenvalue weighted by Crippen LogP contribution is -2.39. The number of hydrogen-bond acceptors (Lipinski definition) is 5. The van der Waals surface area contributed by atoms with E-state index < -0.39 is 5.97 Å². The summed E-state index contributed by atoms with van der Waals surface area (Å²) in [5.74, 6) is 1.35. The van der Waals surface area contributed by atoms with Crippen molar-refractivity contribution in [1.82, 2.24) is 9.80 Å². The van der Waals surface area contributed by atoms with Gasteiger partial charge in [-0.1, -0.05) is 36.4 Å². The molecule has 0 bridgehead atoms. The molecule has 1 heterocycles. The van der Waals surface area contributed by atoms with Gasteiger partial charge in [-0.15, -0.1) is 0 Å². The standard InChI is InChI=1S/C31H38N2O5/c1-2-37-31(36)23-32(22-24-11-8-16-27(21-24)38-26-14-4-3-5-15-26)29(34)18-9-19-30(35)33-20-10-13-25-12-6-7-17-28(25)33/h3-5,8,11,14-17,21,25H,2,6-7,9-10,12-13,18-20,22-23H2,1H3. The van der Waals surface area contributed by atoms with Gasteiger partial charge in [-0.3, -0.25) is 14.4 Å². The highest BCUT2D eigenvalue weighted by Gasteiger charge is 2.30. The topological polar surface area (TPSA) is 76.1 Å². The van der Waals surface area contributed by atoms with Gasteiger partial charge in [0, 0.05) is 31.6 Å². The van der Waals surface area contributed by atoms with Crippen molar-refractivity contribution < 1.29 is 23.9 Å². The molecule has 0 N–H and O–H groups in total. The highest BCUT2D eigenvalue weighted by molar-refractivity contribution is 5.83. The predicted octanol–water partition coefficient (Wildman–Crippen LogP) is 5.85. The van der Waals surface area contributed by atoms with Crippen LogP contribution in [0.3, 0.4) is 0 Å². The van der Waals surface area contributed by atoms with E-state index in [9.17, 15) is 14.4 Å². The molecule has 2 amide bonds. The minimum absolute atomic E-state index is 0.0957. The zero-order chi connectivity index (χ0) is 26.7. The summed E-state index contributed by atoms with van der Waals surface area (Å²) in [4.78, 5) is 41.9. The smallest absolute Gasteiger partial charge is 0.325 e. The number of benzene rings is 2. The first-order valence-corrected chi connectivity index (χ1v) is 13.8. The molecule has 7 nitrogen and oxygen atoms in total. The number of piperidine rings is 1. The molecule has 2 aromatic carbocycles. The van der Waals surface area contributed by atoms with Crippen molar-refractivity contribution in [2.45, 2.75) is 64.8 Å². The normalized spacial score (nSPS) is 16.7. The molecule has 202 valence electrons. The number of likely N-dealkylation sites (tertiary alicyclic amines) is 1. The van der Waals surface area contributed by atoms with E-state index in [4.69, 9.17) is 9.47 Å². The summed E-state index contributed by atoms with van der Waals surface area (Å²) in [6, 6.07) is 17.0. The Bertz CT molecular complexity index is 1130. The van der Waals surface area contributed by atoms with Crippen LogP contribution in [0.5, 0.6) is 11.5 Å². The SMILES string of the molecule is CCOC(=O)CN(Cc1cccc(Oc2ccccc2)c1)C(=O)CCCC(=O)N1CCCC2CCCC=C21. The summed E-state index contributed by atoms with van der Waals surface area (Å²) in [5.41, 5.74) is 2.04. The Hall–Kier alpha value is -3.61. The summed E-state index contributed by atoms with van der Waals surface area (Å²) in [6.07, 6.45) is 8.79. The van der Waals surface area contributed by atoms with E-state index in [2.05, 4.69) is 6.08 Å². The Morgan fingerprint density at radius 3 is 2.58 bits per heavy atom. The highest BCUT2D eigenvalue weighted by Crippen LogP contribution is 2.35.